The third kappa shape index (κ3) is 3.58. The third-order valence-electron chi connectivity index (χ3n) is 3.47. The highest BCUT2D eigenvalue weighted by molar-refractivity contribution is 7.21. The molecule has 0 aliphatic carbocycles. The first kappa shape index (κ1) is 16.5. The molecule has 122 valence electrons. The highest BCUT2D eigenvalue weighted by atomic mass is 35.5. The Balaban J connectivity index is 1.68. The number of thiophene rings is 1. The van der Waals surface area contributed by atoms with Gasteiger partial charge in [-0.05, 0) is 23.8 Å². The average Bonchev–Trinajstić information content (AvgIpc) is 2.91. The van der Waals surface area contributed by atoms with Crippen LogP contribution in [-0.4, -0.2) is 11.8 Å². The minimum absolute atomic E-state index is 0.115. The van der Waals surface area contributed by atoms with Crippen LogP contribution in [0, 0.1) is 0 Å². The second kappa shape index (κ2) is 7.03. The van der Waals surface area contributed by atoms with Crippen LogP contribution in [0.4, 0.5) is 5.69 Å². The molecular weight excluding hydrogens is 344 g/mol. The molecule has 1 aromatic heterocycles. The van der Waals surface area contributed by atoms with E-state index < -0.39 is 0 Å². The molecule has 2 aromatic carbocycles. The van der Waals surface area contributed by atoms with Crippen molar-refractivity contribution in [1.82, 2.24) is 5.32 Å². The Bertz CT molecular complexity index is 903. The molecule has 2 amide bonds. The molecule has 2 N–H and O–H groups in total. The summed E-state index contributed by atoms with van der Waals surface area (Å²) in [5.41, 5.74) is 1.67. The molecule has 0 fully saturated rings. The van der Waals surface area contributed by atoms with Crippen molar-refractivity contribution in [3.8, 4) is 0 Å². The average molecular weight is 359 g/mol. The fourth-order valence-corrected chi connectivity index (χ4v) is 3.77. The van der Waals surface area contributed by atoms with Gasteiger partial charge < -0.3 is 10.6 Å². The number of hydrogen-bond donors (Lipinski definition) is 2. The maximum Gasteiger partial charge on any atom is 0.263 e. The van der Waals surface area contributed by atoms with Crippen LogP contribution in [0.25, 0.3) is 10.1 Å². The Morgan fingerprint density at radius 3 is 2.46 bits per heavy atom. The zero-order chi connectivity index (χ0) is 17.1. The van der Waals surface area contributed by atoms with E-state index >= 15 is 0 Å². The van der Waals surface area contributed by atoms with Gasteiger partial charge in [0, 0.05) is 29.2 Å². The second-order valence-electron chi connectivity index (χ2n) is 5.30. The Morgan fingerprint density at radius 2 is 1.79 bits per heavy atom. The van der Waals surface area contributed by atoms with Crippen molar-refractivity contribution in [3.05, 3.63) is 64.0 Å². The number of carbonyl (C=O) groups excluding carboxylic acids is 2. The van der Waals surface area contributed by atoms with E-state index in [1.54, 1.807) is 12.1 Å². The Hall–Kier alpha value is -2.37. The summed E-state index contributed by atoms with van der Waals surface area (Å²) in [6.07, 6.45) is 0. The third-order valence-corrected chi connectivity index (χ3v) is 5.14. The van der Waals surface area contributed by atoms with Crippen molar-refractivity contribution < 1.29 is 9.59 Å². The fraction of sp³-hybridized carbons (Fsp3) is 0.111. The number of carbonyl (C=O) groups is 2. The Labute approximate surface area is 148 Å². The van der Waals surface area contributed by atoms with Gasteiger partial charge in [0.05, 0.1) is 5.02 Å². The Kier molecular flexibility index (Phi) is 4.83. The van der Waals surface area contributed by atoms with Crippen molar-refractivity contribution in [2.45, 2.75) is 13.5 Å². The first-order chi connectivity index (χ1) is 11.5. The van der Waals surface area contributed by atoms with Gasteiger partial charge >= 0.3 is 0 Å². The van der Waals surface area contributed by atoms with Gasteiger partial charge in [0.15, 0.2) is 0 Å². The molecule has 0 atom stereocenters. The number of hydrogen-bond acceptors (Lipinski definition) is 3. The topological polar surface area (TPSA) is 58.2 Å². The summed E-state index contributed by atoms with van der Waals surface area (Å²) >= 11 is 7.70. The van der Waals surface area contributed by atoms with Crippen molar-refractivity contribution in [2.24, 2.45) is 0 Å². The second-order valence-corrected chi connectivity index (χ2v) is 6.73. The molecule has 0 aliphatic heterocycles. The first-order valence-electron chi connectivity index (χ1n) is 7.36. The lowest BCUT2D eigenvalue weighted by Crippen LogP contribution is -2.22. The number of halogens is 1. The molecule has 3 aromatic rings. The van der Waals surface area contributed by atoms with Gasteiger partial charge in [-0.2, -0.15) is 0 Å². The van der Waals surface area contributed by atoms with Gasteiger partial charge in [-0.1, -0.05) is 41.9 Å². The standard InChI is InChI=1S/C18H15ClN2O2S/c1-11(22)21-13-8-6-12(7-9-13)10-20-18(23)17-16(19)14-4-2-3-5-15(14)24-17/h2-9H,10H2,1H3,(H,20,23)(H,21,22). The molecule has 0 saturated heterocycles. The minimum Gasteiger partial charge on any atom is -0.347 e. The monoisotopic (exact) mass is 358 g/mol. The van der Waals surface area contributed by atoms with E-state index in [0.29, 0.717) is 16.4 Å². The highest BCUT2D eigenvalue weighted by Gasteiger charge is 2.16. The van der Waals surface area contributed by atoms with Crippen LogP contribution < -0.4 is 10.6 Å². The quantitative estimate of drug-likeness (QED) is 0.724. The summed E-state index contributed by atoms with van der Waals surface area (Å²) in [7, 11) is 0. The molecule has 6 heteroatoms. The summed E-state index contributed by atoms with van der Waals surface area (Å²) in [5.74, 6) is -0.303. The molecule has 0 radical (unpaired) electrons. The van der Waals surface area contributed by atoms with Crippen LogP contribution in [0.5, 0.6) is 0 Å². The lowest BCUT2D eigenvalue weighted by Gasteiger charge is -2.06. The van der Waals surface area contributed by atoms with E-state index in [0.717, 1.165) is 21.3 Å². The Morgan fingerprint density at radius 1 is 1.08 bits per heavy atom. The maximum atomic E-state index is 12.4. The van der Waals surface area contributed by atoms with Crippen molar-refractivity contribution in [2.75, 3.05) is 5.32 Å². The zero-order valence-corrected chi connectivity index (χ0v) is 14.5. The van der Waals surface area contributed by atoms with Crippen molar-refractivity contribution >= 4 is 50.5 Å². The first-order valence-corrected chi connectivity index (χ1v) is 8.56. The molecule has 24 heavy (non-hydrogen) atoms. The van der Waals surface area contributed by atoms with Crippen LogP contribution >= 0.6 is 22.9 Å². The number of amides is 2. The number of nitrogens with one attached hydrogen (secondary N) is 2. The molecule has 4 nitrogen and oxygen atoms in total. The molecule has 0 spiro atoms. The van der Waals surface area contributed by atoms with Crippen molar-refractivity contribution in [3.63, 3.8) is 0 Å². The molecule has 0 saturated carbocycles. The normalized spacial score (nSPS) is 10.6. The zero-order valence-electron chi connectivity index (χ0n) is 12.9. The lowest BCUT2D eigenvalue weighted by molar-refractivity contribution is -0.114. The SMILES string of the molecule is CC(=O)Nc1ccc(CNC(=O)c2sc3ccccc3c2Cl)cc1. The largest absolute Gasteiger partial charge is 0.347 e. The molecule has 3 rings (SSSR count). The van der Waals surface area contributed by atoms with Gasteiger partial charge in [0.25, 0.3) is 5.91 Å². The molecule has 0 bridgehead atoms. The van der Waals surface area contributed by atoms with Gasteiger partial charge in [0.2, 0.25) is 5.91 Å². The van der Waals surface area contributed by atoms with Gasteiger partial charge in [0.1, 0.15) is 4.88 Å². The fourth-order valence-electron chi connectivity index (χ4n) is 2.33. The van der Waals surface area contributed by atoms with E-state index in [1.807, 2.05) is 36.4 Å². The van der Waals surface area contributed by atoms with Crippen LogP contribution in [0.3, 0.4) is 0 Å². The molecule has 1 heterocycles. The summed E-state index contributed by atoms with van der Waals surface area (Å²) in [6.45, 7) is 1.85. The van der Waals surface area contributed by atoms with E-state index in [4.69, 9.17) is 11.6 Å². The number of fused-ring (bicyclic) bond motifs is 1. The number of anilines is 1. The number of benzene rings is 2. The smallest absolute Gasteiger partial charge is 0.263 e. The lowest BCUT2D eigenvalue weighted by atomic mass is 10.2. The van der Waals surface area contributed by atoms with Gasteiger partial charge in [-0.15, -0.1) is 11.3 Å². The predicted octanol–water partition coefficient (Wildman–Crippen LogP) is 4.44. The molecular formula is C18H15ClN2O2S. The minimum atomic E-state index is -0.188. The van der Waals surface area contributed by atoms with Crippen LogP contribution in [-0.2, 0) is 11.3 Å². The van der Waals surface area contributed by atoms with E-state index in [-0.39, 0.29) is 11.8 Å². The highest BCUT2D eigenvalue weighted by Crippen LogP contribution is 2.34. The van der Waals surface area contributed by atoms with Gasteiger partial charge in [-0.25, -0.2) is 0 Å². The van der Waals surface area contributed by atoms with Gasteiger partial charge in [-0.3, -0.25) is 9.59 Å². The van der Waals surface area contributed by atoms with Crippen LogP contribution in [0.1, 0.15) is 22.2 Å². The predicted molar refractivity (Wildman–Crippen MR) is 98.8 cm³/mol. The van der Waals surface area contributed by atoms with E-state index in [9.17, 15) is 9.59 Å². The van der Waals surface area contributed by atoms with Crippen LogP contribution in [0.15, 0.2) is 48.5 Å². The summed E-state index contributed by atoms with van der Waals surface area (Å²) in [6, 6.07) is 15.0. The maximum absolute atomic E-state index is 12.4. The van der Waals surface area contributed by atoms with Crippen molar-refractivity contribution in [1.29, 1.82) is 0 Å². The number of rotatable bonds is 4. The summed E-state index contributed by atoms with van der Waals surface area (Å²) in [4.78, 5) is 23.9. The molecule has 0 unspecified atom stereocenters. The van der Waals surface area contributed by atoms with E-state index in [2.05, 4.69) is 10.6 Å². The van der Waals surface area contributed by atoms with Crippen LogP contribution in [0.2, 0.25) is 5.02 Å². The molecule has 0 aliphatic rings. The van der Waals surface area contributed by atoms with E-state index in [1.165, 1.54) is 18.3 Å². The summed E-state index contributed by atoms with van der Waals surface area (Å²) < 4.78 is 0.993. The summed E-state index contributed by atoms with van der Waals surface area (Å²) in [5, 5.41) is 6.97.